The zero-order valence-electron chi connectivity index (χ0n) is 13.5. The van der Waals surface area contributed by atoms with Crippen molar-refractivity contribution in [3.63, 3.8) is 0 Å². The van der Waals surface area contributed by atoms with Crippen LogP contribution in [0.15, 0.2) is 65.1 Å². The largest absolute Gasteiger partial charge is 0.507 e. The van der Waals surface area contributed by atoms with Gasteiger partial charge in [0.05, 0.1) is 16.8 Å². The summed E-state index contributed by atoms with van der Waals surface area (Å²) < 4.78 is 0. The fraction of sp³-hybridized carbons (Fsp3) is 0. The van der Waals surface area contributed by atoms with Crippen molar-refractivity contribution in [1.29, 1.82) is 0 Å². The molecule has 0 saturated carbocycles. The van der Waals surface area contributed by atoms with Crippen molar-refractivity contribution in [3.05, 3.63) is 71.2 Å². The Labute approximate surface area is 152 Å². The van der Waals surface area contributed by atoms with Crippen molar-refractivity contribution in [2.24, 2.45) is 5.10 Å². The second-order valence-electron chi connectivity index (χ2n) is 5.56. The molecule has 0 atom stereocenters. The summed E-state index contributed by atoms with van der Waals surface area (Å²) in [6.07, 6.45) is 1.43. The van der Waals surface area contributed by atoms with Gasteiger partial charge in [0.2, 0.25) is 0 Å². The van der Waals surface area contributed by atoms with Gasteiger partial charge in [0, 0.05) is 5.56 Å². The molecule has 3 N–H and O–H groups in total. The third-order valence-electron chi connectivity index (χ3n) is 3.90. The number of carbonyl (C=O) groups is 1. The maximum atomic E-state index is 12.2. The van der Waals surface area contributed by atoms with Gasteiger partial charge in [-0.1, -0.05) is 36.4 Å². The van der Waals surface area contributed by atoms with E-state index in [0.29, 0.717) is 5.56 Å². The molecule has 0 unspecified atom stereocenters. The Hall–Kier alpha value is -3.45. The van der Waals surface area contributed by atoms with Crippen molar-refractivity contribution in [3.8, 4) is 16.3 Å². The maximum Gasteiger partial charge on any atom is 0.291 e. The van der Waals surface area contributed by atoms with Crippen molar-refractivity contribution in [2.75, 3.05) is 0 Å². The molecular weight excluding hydrogens is 348 g/mol. The molecule has 0 aliphatic carbocycles. The number of rotatable bonds is 4. The number of aromatic amines is 1. The summed E-state index contributed by atoms with van der Waals surface area (Å²) in [6.45, 7) is 0. The van der Waals surface area contributed by atoms with Crippen LogP contribution in [-0.4, -0.2) is 27.4 Å². The molecule has 4 aromatic rings. The summed E-state index contributed by atoms with van der Waals surface area (Å²) in [4.78, 5) is 13.2. The van der Waals surface area contributed by atoms with E-state index in [1.54, 1.807) is 23.5 Å². The summed E-state index contributed by atoms with van der Waals surface area (Å²) in [6, 6.07) is 16.6. The highest BCUT2D eigenvalue weighted by molar-refractivity contribution is 7.13. The molecule has 2 heterocycles. The molecule has 0 aliphatic heterocycles. The molecule has 26 heavy (non-hydrogen) atoms. The van der Waals surface area contributed by atoms with E-state index in [2.05, 4.69) is 20.7 Å². The lowest BCUT2D eigenvalue weighted by atomic mass is 10.0. The van der Waals surface area contributed by atoms with Crippen LogP contribution in [0.2, 0.25) is 0 Å². The van der Waals surface area contributed by atoms with Gasteiger partial charge in [0.1, 0.15) is 5.75 Å². The highest BCUT2D eigenvalue weighted by atomic mass is 32.1. The smallest absolute Gasteiger partial charge is 0.291 e. The third-order valence-corrected chi connectivity index (χ3v) is 4.81. The number of carbonyl (C=O) groups excluding carboxylic acids is 1. The number of thiophene rings is 1. The normalized spacial score (nSPS) is 11.2. The average molecular weight is 362 g/mol. The Morgan fingerprint density at radius 2 is 2.08 bits per heavy atom. The van der Waals surface area contributed by atoms with Crippen LogP contribution in [0.1, 0.15) is 16.1 Å². The number of phenols is 1. The second-order valence-corrected chi connectivity index (χ2v) is 6.51. The first-order valence-corrected chi connectivity index (χ1v) is 8.74. The zero-order chi connectivity index (χ0) is 17.9. The standard InChI is InChI=1S/C19H14N4O2S/c24-17-8-7-12-4-1-2-5-13(12)14(17)11-20-23-19(25)16-10-15(21-22-16)18-6-3-9-26-18/h1-11,24H,(H,21,22)(H,23,25). The minimum Gasteiger partial charge on any atom is -0.507 e. The number of benzene rings is 2. The highest BCUT2D eigenvalue weighted by Crippen LogP contribution is 2.25. The predicted molar refractivity (Wildman–Crippen MR) is 103 cm³/mol. The van der Waals surface area contributed by atoms with Crippen LogP contribution in [0.25, 0.3) is 21.3 Å². The monoisotopic (exact) mass is 362 g/mol. The van der Waals surface area contributed by atoms with E-state index in [1.165, 1.54) is 6.21 Å². The summed E-state index contributed by atoms with van der Waals surface area (Å²) in [7, 11) is 0. The molecule has 0 fully saturated rings. The highest BCUT2D eigenvalue weighted by Gasteiger charge is 2.11. The number of phenolic OH excluding ortho intramolecular Hbond substituents is 1. The Kier molecular flexibility index (Phi) is 4.20. The molecule has 4 rings (SSSR count). The summed E-state index contributed by atoms with van der Waals surface area (Å²) in [5, 5.41) is 24.7. The van der Waals surface area contributed by atoms with Gasteiger partial charge in [-0.3, -0.25) is 9.89 Å². The van der Waals surface area contributed by atoms with Crippen LogP contribution in [0.3, 0.4) is 0 Å². The SMILES string of the molecule is O=C(NN=Cc1c(O)ccc2ccccc12)c1cc(-c2cccs2)[nH]n1. The molecule has 0 spiro atoms. The first kappa shape index (κ1) is 16.0. The van der Waals surface area contributed by atoms with E-state index in [9.17, 15) is 9.90 Å². The van der Waals surface area contributed by atoms with Gasteiger partial charge >= 0.3 is 0 Å². The molecule has 7 heteroatoms. The van der Waals surface area contributed by atoms with Crippen LogP contribution < -0.4 is 5.43 Å². The Morgan fingerprint density at radius 3 is 2.92 bits per heavy atom. The number of aromatic hydroxyl groups is 1. The molecule has 0 bridgehead atoms. The summed E-state index contributed by atoms with van der Waals surface area (Å²) >= 11 is 1.56. The minimum atomic E-state index is -0.431. The van der Waals surface area contributed by atoms with E-state index in [0.717, 1.165) is 21.3 Å². The van der Waals surface area contributed by atoms with E-state index in [1.807, 2.05) is 47.8 Å². The number of nitrogens with zero attached hydrogens (tertiary/aromatic N) is 2. The molecule has 6 nitrogen and oxygen atoms in total. The fourth-order valence-corrected chi connectivity index (χ4v) is 3.32. The quantitative estimate of drug-likeness (QED) is 0.381. The van der Waals surface area contributed by atoms with Crippen LogP contribution in [-0.2, 0) is 0 Å². The van der Waals surface area contributed by atoms with E-state index in [-0.39, 0.29) is 11.4 Å². The topological polar surface area (TPSA) is 90.4 Å². The summed E-state index contributed by atoms with van der Waals surface area (Å²) in [5.74, 6) is -0.332. The Morgan fingerprint density at radius 1 is 1.19 bits per heavy atom. The number of fused-ring (bicyclic) bond motifs is 1. The van der Waals surface area contributed by atoms with Gasteiger partial charge in [0.15, 0.2) is 5.69 Å². The average Bonchev–Trinajstić information content (AvgIpc) is 3.35. The third kappa shape index (κ3) is 3.07. The fourth-order valence-electron chi connectivity index (χ4n) is 2.63. The lowest BCUT2D eigenvalue weighted by Gasteiger charge is -2.04. The van der Waals surface area contributed by atoms with Crippen LogP contribution in [0.4, 0.5) is 0 Å². The molecule has 2 aromatic heterocycles. The van der Waals surface area contributed by atoms with E-state index in [4.69, 9.17) is 0 Å². The van der Waals surface area contributed by atoms with E-state index < -0.39 is 5.91 Å². The van der Waals surface area contributed by atoms with Crippen LogP contribution in [0, 0.1) is 0 Å². The van der Waals surface area contributed by atoms with Crippen molar-refractivity contribution in [1.82, 2.24) is 15.6 Å². The second kappa shape index (κ2) is 6.81. The Balaban J connectivity index is 1.52. The van der Waals surface area contributed by atoms with Crippen LogP contribution in [0.5, 0.6) is 5.75 Å². The first-order chi connectivity index (χ1) is 12.7. The van der Waals surface area contributed by atoms with E-state index >= 15 is 0 Å². The van der Waals surface area contributed by atoms with Gasteiger partial charge in [0.25, 0.3) is 5.91 Å². The van der Waals surface area contributed by atoms with Gasteiger partial charge in [-0.25, -0.2) is 5.43 Å². The number of amides is 1. The molecule has 0 saturated heterocycles. The Bertz CT molecular complexity index is 1100. The number of hydrazone groups is 1. The maximum absolute atomic E-state index is 12.2. The van der Waals surface area contributed by atoms with Crippen molar-refractivity contribution >= 4 is 34.2 Å². The molecule has 0 radical (unpaired) electrons. The molecule has 0 aliphatic rings. The number of hydrogen-bond donors (Lipinski definition) is 3. The zero-order valence-corrected chi connectivity index (χ0v) is 14.3. The van der Waals surface area contributed by atoms with Gasteiger partial charge < -0.3 is 5.11 Å². The lowest BCUT2D eigenvalue weighted by molar-refractivity contribution is 0.0950. The number of aromatic nitrogens is 2. The summed E-state index contributed by atoms with van der Waals surface area (Å²) in [5.41, 5.74) is 4.01. The van der Waals surface area contributed by atoms with Gasteiger partial charge in [-0.05, 0) is 34.4 Å². The van der Waals surface area contributed by atoms with Gasteiger partial charge in [-0.2, -0.15) is 10.2 Å². The first-order valence-electron chi connectivity index (χ1n) is 7.86. The van der Waals surface area contributed by atoms with Gasteiger partial charge in [-0.15, -0.1) is 11.3 Å². The molecular formula is C19H14N4O2S. The van der Waals surface area contributed by atoms with Crippen molar-refractivity contribution < 1.29 is 9.90 Å². The predicted octanol–water partition coefficient (Wildman–Crippen LogP) is 3.76. The minimum absolute atomic E-state index is 0.0986. The number of H-pyrrole nitrogens is 1. The molecule has 1 amide bonds. The number of hydrogen-bond acceptors (Lipinski definition) is 5. The lowest BCUT2D eigenvalue weighted by Crippen LogP contribution is -2.18. The van der Waals surface area contributed by atoms with Crippen LogP contribution >= 0.6 is 11.3 Å². The number of nitrogens with one attached hydrogen (secondary N) is 2. The van der Waals surface area contributed by atoms with Crippen molar-refractivity contribution in [2.45, 2.75) is 0 Å². The molecule has 2 aromatic carbocycles. The molecule has 128 valence electrons.